The van der Waals surface area contributed by atoms with Crippen LogP contribution >= 0.6 is 11.6 Å². The number of rotatable bonds is 7. The van der Waals surface area contributed by atoms with Gasteiger partial charge in [-0.1, -0.05) is 11.6 Å². The van der Waals surface area contributed by atoms with Crippen molar-refractivity contribution in [3.8, 4) is 11.5 Å². The first-order valence-corrected chi connectivity index (χ1v) is 9.34. The van der Waals surface area contributed by atoms with Crippen molar-refractivity contribution < 1.29 is 32.2 Å². The number of halogens is 1. The quantitative estimate of drug-likeness (QED) is 0.544. The standard InChI is InChI=1S/C17H16ClNO7S/c1-24-15-6-3-10(7-16(15)25-2)14(20)9-26-17(21)12-8-11(27(19,22)23)4-5-13(12)18/h3-8H,9H2,1-2H3,(H2,19,22,23). The number of benzene rings is 2. The van der Waals surface area contributed by atoms with Gasteiger partial charge in [0.05, 0.1) is 29.7 Å². The Kier molecular flexibility index (Phi) is 6.42. The van der Waals surface area contributed by atoms with Gasteiger partial charge in [0, 0.05) is 5.56 Å². The summed E-state index contributed by atoms with van der Waals surface area (Å²) in [4.78, 5) is 24.1. The molecule has 0 aromatic heterocycles. The van der Waals surface area contributed by atoms with Crippen LogP contribution in [0.1, 0.15) is 20.7 Å². The van der Waals surface area contributed by atoms with E-state index in [1.54, 1.807) is 6.07 Å². The minimum Gasteiger partial charge on any atom is -0.493 e. The van der Waals surface area contributed by atoms with Gasteiger partial charge in [0.15, 0.2) is 23.9 Å². The maximum atomic E-state index is 12.2. The minimum absolute atomic E-state index is 0.0361. The molecule has 0 amide bonds. The second kappa shape index (κ2) is 8.38. The van der Waals surface area contributed by atoms with Gasteiger partial charge in [0.1, 0.15) is 0 Å². The summed E-state index contributed by atoms with van der Waals surface area (Å²) in [5, 5.41) is 4.99. The summed E-state index contributed by atoms with van der Waals surface area (Å²) in [7, 11) is -1.14. The molecule has 0 saturated carbocycles. The number of primary sulfonamides is 1. The maximum absolute atomic E-state index is 12.2. The number of esters is 1. The maximum Gasteiger partial charge on any atom is 0.340 e. The van der Waals surface area contributed by atoms with Crippen molar-refractivity contribution in [2.75, 3.05) is 20.8 Å². The van der Waals surface area contributed by atoms with E-state index >= 15 is 0 Å². The van der Waals surface area contributed by atoms with Gasteiger partial charge in [-0.2, -0.15) is 0 Å². The Bertz CT molecular complexity index is 989. The van der Waals surface area contributed by atoms with Crippen LogP contribution in [-0.4, -0.2) is 41.0 Å². The van der Waals surface area contributed by atoms with Gasteiger partial charge in [-0.15, -0.1) is 0 Å². The van der Waals surface area contributed by atoms with Crippen molar-refractivity contribution in [1.29, 1.82) is 0 Å². The molecule has 144 valence electrons. The van der Waals surface area contributed by atoms with Crippen LogP contribution in [-0.2, 0) is 14.8 Å². The van der Waals surface area contributed by atoms with E-state index in [9.17, 15) is 18.0 Å². The lowest BCUT2D eigenvalue weighted by atomic mass is 10.1. The molecule has 2 aromatic carbocycles. The number of carbonyl (C=O) groups excluding carboxylic acids is 2. The Balaban J connectivity index is 2.15. The average molecular weight is 414 g/mol. The first-order valence-electron chi connectivity index (χ1n) is 7.42. The second-order valence-electron chi connectivity index (χ2n) is 5.26. The molecule has 2 N–H and O–H groups in total. The summed E-state index contributed by atoms with van der Waals surface area (Å²) in [5.41, 5.74) is 0.0214. The fourth-order valence-corrected chi connectivity index (χ4v) is 2.87. The molecule has 0 fully saturated rings. The smallest absolute Gasteiger partial charge is 0.340 e. The molecule has 0 atom stereocenters. The Morgan fingerprint density at radius 1 is 1.04 bits per heavy atom. The van der Waals surface area contributed by atoms with Crippen LogP contribution in [0, 0.1) is 0 Å². The van der Waals surface area contributed by atoms with E-state index in [2.05, 4.69) is 0 Å². The third kappa shape index (κ3) is 4.97. The highest BCUT2D eigenvalue weighted by atomic mass is 35.5. The molecule has 0 saturated heterocycles. The lowest BCUT2D eigenvalue weighted by Gasteiger charge is -2.10. The van der Waals surface area contributed by atoms with Crippen molar-refractivity contribution in [3.63, 3.8) is 0 Å². The number of hydrogen-bond acceptors (Lipinski definition) is 7. The van der Waals surface area contributed by atoms with Crippen molar-refractivity contribution in [3.05, 3.63) is 52.5 Å². The van der Waals surface area contributed by atoms with E-state index in [4.69, 9.17) is 31.0 Å². The topological polar surface area (TPSA) is 122 Å². The van der Waals surface area contributed by atoms with Crippen LogP contribution in [0.4, 0.5) is 0 Å². The highest BCUT2D eigenvalue weighted by Gasteiger charge is 2.19. The van der Waals surface area contributed by atoms with Gasteiger partial charge >= 0.3 is 5.97 Å². The van der Waals surface area contributed by atoms with E-state index in [0.717, 1.165) is 12.1 Å². The normalized spacial score (nSPS) is 11.0. The van der Waals surface area contributed by atoms with Gasteiger partial charge < -0.3 is 14.2 Å². The molecule has 27 heavy (non-hydrogen) atoms. The molecule has 0 radical (unpaired) electrons. The number of carbonyl (C=O) groups is 2. The Labute approximate surface area is 160 Å². The van der Waals surface area contributed by atoms with Crippen LogP contribution in [0.2, 0.25) is 5.02 Å². The molecular weight excluding hydrogens is 398 g/mol. The first-order chi connectivity index (χ1) is 12.7. The van der Waals surface area contributed by atoms with E-state index in [-0.39, 0.29) is 21.0 Å². The number of ether oxygens (including phenoxy) is 3. The summed E-state index contributed by atoms with van der Waals surface area (Å²) < 4.78 is 37.9. The van der Waals surface area contributed by atoms with Gasteiger partial charge in [0.2, 0.25) is 10.0 Å². The van der Waals surface area contributed by atoms with Gasteiger partial charge in [-0.25, -0.2) is 18.4 Å². The number of methoxy groups -OCH3 is 2. The van der Waals surface area contributed by atoms with Gasteiger partial charge in [-0.05, 0) is 36.4 Å². The van der Waals surface area contributed by atoms with Crippen molar-refractivity contribution in [1.82, 2.24) is 0 Å². The average Bonchev–Trinajstić information content (AvgIpc) is 2.64. The van der Waals surface area contributed by atoms with Crippen molar-refractivity contribution >= 4 is 33.4 Å². The monoisotopic (exact) mass is 413 g/mol. The lowest BCUT2D eigenvalue weighted by molar-refractivity contribution is 0.0474. The molecule has 0 heterocycles. The minimum atomic E-state index is -4.02. The molecule has 10 heteroatoms. The zero-order valence-electron chi connectivity index (χ0n) is 14.4. The molecular formula is C17H16ClNO7S. The van der Waals surface area contributed by atoms with E-state index in [0.29, 0.717) is 11.5 Å². The third-order valence-electron chi connectivity index (χ3n) is 3.53. The van der Waals surface area contributed by atoms with E-state index in [1.165, 1.54) is 32.4 Å². The number of nitrogens with two attached hydrogens (primary N) is 1. The highest BCUT2D eigenvalue weighted by Crippen LogP contribution is 2.28. The predicted molar refractivity (Wildman–Crippen MR) is 97.0 cm³/mol. The fourth-order valence-electron chi connectivity index (χ4n) is 2.14. The summed E-state index contributed by atoms with van der Waals surface area (Å²) in [6, 6.07) is 7.83. The van der Waals surface area contributed by atoms with Crippen molar-refractivity contribution in [2.24, 2.45) is 5.14 Å². The van der Waals surface area contributed by atoms with Gasteiger partial charge in [-0.3, -0.25) is 4.79 Å². The van der Waals surface area contributed by atoms with Crippen LogP contribution in [0.15, 0.2) is 41.3 Å². The van der Waals surface area contributed by atoms with Crippen LogP contribution in [0.25, 0.3) is 0 Å². The molecule has 8 nitrogen and oxygen atoms in total. The first kappa shape index (κ1) is 20.7. The molecule has 2 rings (SSSR count). The number of ketones is 1. The Morgan fingerprint density at radius 3 is 2.30 bits per heavy atom. The summed E-state index contributed by atoms with van der Waals surface area (Å²) >= 11 is 5.89. The largest absolute Gasteiger partial charge is 0.493 e. The summed E-state index contributed by atoms with van der Waals surface area (Å²) in [5.74, 6) is -0.668. The van der Waals surface area contributed by atoms with Crippen molar-refractivity contribution in [2.45, 2.75) is 4.90 Å². The molecule has 0 unspecified atom stereocenters. The van der Waals surface area contributed by atoms with Gasteiger partial charge in [0.25, 0.3) is 0 Å². The molecule has 0 bridgehead atoms. The van der Waals surface area contributed by atoms with Crippen LogP contribution < -0.4 is 14.6 Å². The number of hydrogen-bond donors (Lipinski definition) is 1. The third-order valence-corrected chi connectivity index (χ3v) is 4.77. The number of sulfonamides is 1. The van der Waals surface area contributed by atoms with E-state index in [1.807, 2.05) is 0 Å². The second-order valence-corrected chi connectivity index (χ2v) is 7.22. The Hall–Kier alpha value is -2.62. The highest BCUT2D eigenvalue weighted by molar-refractivity contribution is 7.89. The molecule has 0 aliphatic rings. The van der Waals surface area contributed by atoms with E-state index < -0.39 is 28.4 Å². The molecule has 0 aliphatic carbocycles. The SMILES string of the molecule is COc1ccc(C(=O)COC(=O)c2cc(S(N)(=O)=O)ccc2Cl)cc1OC. The number of Topliss-reactive ketones (excluding diaryl/α,β-unsaturated/α-hetero) is 1. The Morgan fingerprint density at radius 2 is 1.70 bits per heavy atom. The molecule has 2 aromatic rings. The molecule has 0 spiro atoms. The predicted octanol–water partition coefficient (Wildman–Crippen LogP) is 2.04. The van der Waals surface area contributed by atoms with Crippen LogP contribution in [0.3, 0.4) is 0 Å². The lowest BCUT2D eigenvalue weighted by Crippen LogP contribution is -2.16. The fraction of sp³-hybridized carbons (Fsp3) is 0.176. The zero-order chi connectivity index (χ0) is 20.2. The molecule has 0 aliphatic heterocycles. The zero-order valence-corrected chi connectivity index (χ0v) is 16.0. The van der Waals surface area contributed by atoms with Crippen LogP contribution in [0.5, 0.6) is 11.5 Å². The summed E-state index contributed by atoms with van der Waals surface area (Å²) in [6.07, 6.45) is 0. The summed E-state index contributed by atoms with van der Waals surface area (Å²) in [6.45, 7) is -0.579.